The maximum atomic E-state index is 13.4. The van der Waals surface area contributed by atoms with Gasteiger partial charge in [0, 0.05) is 11.6 Å². The molecule has 2 atom stereocenters. The maximum Gasteiger partial charge on any atom is 0.243 e. The Hall–Kier alpha value is -3.55. The second-order valence-corrected chi connectivity index (χ2v) is 9.12. The van der Waals surface area contributed by atoms with E-state index in [0.29, 0.717) is 16.5 Å². The third kappa shape index (κ3) is 4.69. The van der Waals surface area contributed by atoms with Crippen molar-refractivity contribution in [3.63, 3.8) is 0 Å². The first-order valence-corrected chi connectivity index (χ1v) is 11.7. The molecule has 0 bridgehead atoms. The molecule has 2 unspecified atom stereocenters. The highest BCUT2D eigenvalue weighted by Gasteiger charge is 2.29. The van der Waals surface area contributed by atoms with Gasteiger partial charge in [-0.3, -0.25) is 9.78 Å². The summed E-state index contributed by atoms with van der Waals surface area (Å²) < 4.78 is 29.3. The van der Waals surface area contributed by atoms with Crippen LogP contribution in [0.1, 0.15) is 30.1 Å². The summed E-state index contributed by atoms with van der Waals surface area (Å²) in [6, 6.07) is 25.4. The van der Waals surface area contributed by atoms with Crippen LogP contribution < -0.4 is 10.0 Å². The van der Waals surface area contributed by atoms with Crippen LogP contribution in [-0.4, -0.2) is 19.3 Å². The maximum absolute atomic E-state index is 13.4. The van der Waals surface area contributed by atoms with Gasteiger partial charge in [-0.2, -0.15) is 4.72 Å². The molecule has 6 nitrogen and oxygen atoms in total. The Morgan fingerprint density at radius 2 is 1.44 bits per heavy atom. The monoisotopic (exact) mass is 445 g/mol. The minimum atomic E-state index is -4.05. The predicted octanol–water partition coefficient (Wildman–Crippen LogP) is 4.13. The summed E-state index contributed by atoms with van der Waals surface area (Å²) in [6.45, 7) is 1.86. The van der Waals surface area contributed by atoms with E-state index >= 15 is 0 Å². The Balaban J connectivity index is 1.67. The van der Waals surface area contributed by atoms with E-state index in [0.717, 1.165) is 5.56 Å². The molecule has 1 aromatic heterocycles. The number of nitrogens with zero attached hydrogens (tertiary/aromatic N) is 1. The molecular formula is C25H23N3O3S. The van der Waals surface area contributed by atoms with Crippen LogP contribution in [-0.2, 0) is 14.8 Å². The molecule has 0 saturated carbocycles. The predicted molar refractivity (Wildman–Crippen MR) is 124 cm³/mol. The summed E-state index contributed by atoms with van der Waals surface area (Å²) >= 11 is 0. The van der Waals surface area contributed by atoms with E-state index in [-0.39, 0.29) is 10.9 Å². The molecule has 7 heteroatoms. The van der Waals surface area contributed by atoms with Crippen LogP contribution in [0.15, 0.2) is 102 Å². The number of rotatable bonds is 7. The summed E-state index contributed by atoms with van der Waals surface area (Å²) in [6.07, 6.45) is 1.55. The zero-order valence-corrected chi connectivity index (χ0v) is 18.3. The second-order valence-electron chi connectivity index (χ2n) is 7.44. The standard InChI is InChI=1S/C25H23N3O3S/c1-18(19-10-4-2-5-11-19)27-25(29)24(21-12-6-3-7-13-21)28-32(30,31)22-16-8-14-20-15-9-17-26-23(20)22/h2-18,24,28H,1H3,(H,27,29). The van der Waals surface area contributed by atoms with Gasteiger partial charge in [0.2, 0.25) is 15.9 Å². The highest BCUT2D eigenvalue weighted by molar-refractivity contribution is 7.89. The third-order valence-electron chi connectivity index (χ3n) is 5.21. The molecule has 3 aromatic carbocycles. The lowest BCUT2D eigenvalue weighted by atomic mass is 10.1. The van der Waals surface area contributed by atoms with Gasteiger partial charge >= 0.3 is 0 Å². The molecule has 0 aliphatic carbocycles. The zero-order chi connectivity index (χ0) is 22.6. The van der Waals surface area contributed by atoms with Crippen molar-refractivity contribution in [3.05, 3.63) is 108 Å². The van der Waals surface area contributed by atoms with Crippen LogP contribution in [0, 0.1) is 0 Å². The Kier molecular flexibility index (Phi) is 6.30. The van der Waals surface area contributed by atoms with E-state index in [1.165, 1.54) is 6.07 Å². The van der Waals surface area contributed by atoms with Gasteiger partial charge in [0.05, 0.1) is 11.6 Å². The van der Waals surface area contributed by atoms with Crippen molar-refractivity contribution in [2.75, 3.05) is 0 Å². The molecule has 0 saturated heterocycles. The Bertz CT molecular complexity index is 1320. The Morgan fingerprint density at radius 1 is 0.812 bits per heavy atom. The van der Waals surface area contributed by atoms with Crippen molar-refractivity contribution in [2.24, 2.45) is 0 Å². The minimum Gasteiger partial charge on any atom is -0.348 e. The smallest absolute Gasteiger partial charge is 0.243 e. The number of amides is 1. The first-order valence-electron chi connectivity index (χ1n) is 10.2. The fourth-order valence-electron chi connectivity index (χ4n) is 3.55. The van der Waals surface area contributed by atoms with Crippen molar-refractivity contribution in [2.45, 2.75) is 23.9 Å². The second kappa shape index (κ2) is 9.30. The zero-order valence-electron chi connectivity index (χ0n) is 17.5. The third-order valence-corrected chi connectivity index (χ3v) is 6.67. The van der Waals surface area contributed by atoms with Crippen molar-refractivity contribution in [1.82, 2.24) is 15.0 Å². The topological polar surface area (TPSA) is 88.2 Å². The molecule has 0 aliphatic rings. The van der Waals surface area contributed by atoms with Crippen LogP contribution in [0.2, 0.25) is 0 Å². The van der Waals surface area contributed by atoms with E-state index < -0.39 is 22.0 Å². The number of pyridine rings is 1. The summed E-state index contributed by atoms with van der Waals surface area (Å²) in [5.74, 6) is -0.440. The van der Waals surface area contributed by atoms with E-state index in [9.17, 15) is 13.2 Å². The van der Waals surface area contributed by atoms with Gasteiger partial charge < -0.3 is 5.32 Å². The van der Waals surface area contributed by atoms with Gasteiger partial charge in [0.25, 0.3) is 0 Å². The molecule has 4 aromatic rings. The lowest BCUT2D eigenvalue weighted by Gasteiger charge is -2.22. The fourth-order valence-corrected chi connectivity index (χ4v) is 4.92. The summed E-state index contributed by atoms with van der Waals surface area (Å²) in [7, 11) is -4.05. The van der Waals surface area contributed by atoms with E-state index in [1.807, 2.05) is 43.3 Å². The normalized spacial score (nSPS) is 13.4. The first kappa shape index (κ1) is 21.7. The Morgan fingerprint density at radius 3 is 2.12 bits per heavy atom. The molecule has 0 aliphatic heterocycles. The molecule has 0 fully saturated rings. The van der Waals surface area contributed by atoms with Gasteiger partial charge in [-0.25, -0.2) is 8.42 Å². The molecule has 32 heavy (non-hydrogen) atoms. The number of sulfonamides is 1. The highest BCUT2D eigenvalue weighted by Crippen LogP contribution is 2.24. The fraction of sp³-hybridized carbons (Fsp3) is 0.120. The largest absolute Gasteiger partial charge is 0.348 e. The van der Waals surface area contributed by atoms with Crippen LogP contribution in [0.4, 0.5) is 0 Å². The van der Waals surface area contributed by atoms with Crippen LogP contribution in [0.5, 0.6) is 0 Å². The number of fused-ring (bicyclic) bond motifs is 1. The van der Waals surface area contributed by atoms with Gasteiger partial charge in [-0.15, -0.1) is 0 Å². The SMILES string of the molecule is CC(NC(=O)C(NS(=O)(=O)c1cccc2cccnc12)c1ccccc1)c1ccccc1. The van der Waals surface area contributed by atoms with Crippen LogP contribution in [0.3, 0.4) is 0 Å². The molecule has 162 valence electrons. The minimum absolute atomic E-state index is 0.0282. The quantitative estimate of drug-likeness (QED) is 0.448. The summed E-state index contributed by atoms with van der Waals surface area (Å²) in [5, 5.41) is 3.63. The average Bonchev–Trinajstić information content (AvgIpc) is 2.83. The number of hydrogen-bond acceptors (Lipinski definition) is 4. The van der Waals surface area contributed by atoms with Crippen molar-refractivity contribution in [1.29, 1.82) is 0 Å². The summed E-state index contributed by atoms with van der Waals surface area (Å²) in [5.41, 5.74) is 1.82. The number of benzene rings is 3. The first-order chi connectivity index (χ1) is 15.5. The molecule has 1 amide bonds. The average molecular weight is 446 g/mol. The van der Waals surface area contributed by atoms with Crippen molar-refractivity contribution >= 4 is 26.8 Å². The molecular weight excluding hydrogens is 422 g/mol. The molecule has 1 heterocycles. The lowest BCUT2D eigenvalue weighted by Crippen LogP contribution is -2.41. The number of aromatic nitrogens is 1. The lowest BCUT2D eigenvalue weighted by molar-refractivity contribution is -0.123. The van der Waals surface area contributed by atoms with E-state index in [2.05, 4.69) is 15.0 Å². The van der Waals surface area contributed by atoms with Crippen molar-refractivity contribution < 1.29 is 13.2 Å². The van der Waals surface area contributed by atoms with Gasteiger partial charge in [0.15, 0.2) is 0 Å². The summed E-state index contributed by atoms with van der Waals surface area (Å²) in [4.78, 5) is 17.5. The Labute approximate surface area is 187 Å². The molecule has 0 radical (unpaired) electrons. The number of nitrogens with one attached hydrogen (secondary N) is 2. The molecule has 2 N–H and O–H groups in total. The van der Waals surface area contributed by atoms with E-state index in [1.54, 1.807) is 54.7 Å². The van der Waals surface area contributed by atoms with Crippen LogP contribution in [0.25, 0.3) is 10.9 Å². The van der Waals surface area contributed by atoms with E-state index in [4.69, 9.17) is 0 Å². The number of carbonyl (C=O) groups excluding carboxylic acids is 1. The van der Waals surface area contributed by atoms with Crippen LogP contribution >= 0.6 is 0 Å². The number of carbonyl (C=O) groups is 1. The number of para-hydroxylation sites is 1. The van der Waals surface area contributed by atoms with Gasteiger partial charge in [0.1, 0.15) is 10.9 Å². The number of hydrogen-bond donors (Lipinski definition) is 2. The molecule has 0 spiro atoms. The van der Waals surface area contributed by atoms with Crippen molar-refractivity contribution in [3.8, 4) is 0 Å². The van der Waals surface area contributed by atoms with Gasteiger partial charge in [-0.05, 0) is 30.2 Å². The highest BCUT2D eigenvalue weighted by atomic mass is 32.2. The van der Waals surface area contributed by atoms with Gasteiger partial charge in [-0.1, -0.05) is 78.9 Å². The molecule has 4 rings (SSSR count).